The van der Waals surface area contributed by atoms with Gasteiger partial charge in [-0.2, -0.15) is 0 Å². The molecule has 3 nitrogen and oxygen atoms in total. The number of rotatable bonds is 5. The van der Waals surface area contributed by atoms with Crippen LogP contribution in [0.5, 0.6) is 0 Å². The number of hydrogen-bond acceptors (Lipinski definition) is 3. The van der Waals surface area contributed by atoms with Crippen molar-refractivity contribution in [3.63, 3.8) is 0 Å². The van der Waals surface area contributed by atoms with Crippen LogP contribution in [-0.4, -0.2) is 35.1 Å². The molecule has 1 amide bonds. The Morgan fingerprint density at radius 1 is 1.35 bits per heavy atom. The topological polar surface area (TPSA) is 40.5 Å². The fourth-order valence-electron chi connectivity index (χ4n) is 3.62. The average Bonchev–Trinajstić information content (AvgIpc) is 2.94. The first-order chi connectivity index (χ1) is 11.3. The Kier molecular flexibility index (Phi) is 5.34. The van der Waals surface area contributed by atoms with Crippen LogP contribution in [0.25, 0.3) is 10.1 Å². The molecule has 1 aromatic heterocycles. The van der Waals surface area contributed by atoms with Gasteiger partial charge >= 0.3 is 0 Å². The lowest BCUT2D eigenvalue weighted by atomic mass is 9.98. The van der Waals surface area contributed by atoms with Gasteiger partial charge in [0.05, 0.1) is 4.88 Å². The van der Waals surface area contributed by atoms with Gasteiger partial charge in [0, 0.05) is 23.9 Å². The molecule has 1 atom stereocenters. The van der Waals surface area contributed by atoms with E-state index in [0.717, 1.165) is 43.5 Å². The molecule has 124 valence electrons. The Morgan fingerprint density at radius 2 is 2.17 bits per heavy atom. The number of carbonyl (C=O) groups excluding carboxylic acids is 1. The summed E-state index contributed by atoms with van der Waals surface area (Å²) in [7, 11) is 0. The van der Waals surface area contributed by atoms with Crippen molar-refractivity contribution in [3.05, 3.63) is 34.7 Å². The quantitative estimate of drug-likeness (QED) is 0.890. The van der Waals surface area contributed by atoms with E-state index in [-0.39, 0.29) is 18.6 Å². The maximum Gasteiger partial charge on any atom is 0.264 e. The zero-order valence-corrected chi connectivity index (χ0v) is 14.6. The molecule has 3 rings (SSSR count). The molecule has 2 aromatic rings. The zero-order valence-electron chi connectivity index (χ0n) is 13.8. The van der Waals surface area contributed by atoms with E-state index < -0.39 is 0 Å². The minimum atomic E-state index is 0.155. The summed E-state index contributed by atoms with van der Waals surface area (Å²) in [5.41, 5.74) is 1.21. The van der Waals surface area contributed by atoms with Crippen molar-refractivity contribution in [2.75, 3.05) is 13.2 Å². The molecule has 0 aliphatic carbocycles. The van der Waals surface area contributed by atoms with Crippen molar-refractivity contribution in [2.24, 2.45) is 0 Å². The maximum absolute atomic E-state index is 13.2. The number of aliphatic hydroxyl groups is 1. The molecule has 1 aromatic carbocycles. The maximum atomic E-state index is 13.2. The van der Waals surface area contributed by atoms with Gasteiger partial charge in [0.1, 0.15) is 0 Å². The molecule has 0 bridgehead atoms. The summed E-state index contributed by atoms with van der Waals surface area (Å²) < 4.78 is 1.20. The van der Waals surface area contributed by atoms with Gasteiger partial charge in [-0.05, 0) is 49.1 Å². The molecular formula is C19H25NO2S. The van der Waals surface area contributed by atoms with Gasteiger partial charge < -0.3 is 10.0 Å². The van der Waals surface area contributed by atoms with Gasteiger partial charge in [0.25, 0.3) is 5.91 Å². The zero-order chi connectivity index (χ0) is 16.2. The van der Waals surface area contributed by atoms with Crippen LogP contribution >= 0.6 is 11.3 Å². The SMILES string of the molecule is CCCc1c(C(=O)N2CCCCC2CCO)sc2ccccc12. The minimum Gasteiger partial charge on any atom is -0.396 e. The van der Waals surface area contributed by atoms with Crippen molar-refractivity contribution in [2.45, 2.75) is 51.5 Å². The van der Waals surface area contributed by atoms with Crippen LogP contribution in [-0.2, 0) is 6.42 Å². The highest BCUT2D eigenvalue weighted by molar-refractivity contribution is 7.21. The van der Waals surface area contributed by atoms with Crippen LogP contribution in [0, 0.1) is 0 Å². The lowest BCUT2D eigenvalue weighted by molar-refractivity contribution is 0.0578. The second-order valence-corrected chi connectivity index (χ2v) is 7.37. The van der Waals surface area contributed by atoms with Gasteiger partial charge in [-0.3, -0.25) is 4.79 Å². The predicted molar refractivity (Wildman–Crippen MR) is 96.2 cm³/mol. The normalized spacial score (nSPS) is 18.5. The van der Waals surface area contributed by atoms with E-state index in [1.807, 2.05) is 11.0 Å². The molecule has 1 unspecified atom stereocenters. The third kappa shape index (κ3) is 3.29. The first-order valence-electron chi connectivity index (χ1n) is 8.68. The van der Waals surface area contributed by atoms with Crippen LogP contribution in [0.1, 0.15) is 54.3 Å². The molecule has 0 saturated carbocycles. The van der Waals surface area contributed by atoms with Crippen LogP contribution in [0.15, 0.2) is 24.3 Å². The van der Waals surface area contributed by atoms with E-state index in [0.29, 0.717) is 6.42 Å². The Morgan fingerprint density at radius 3 is 2.96 bits per heavy atom. The Hall–Kier alpha value is -1.39. The molecule has 1 aliphatic rings. The number of carbonyl (C=O) groups is 1. The number of hydrogen-bond donors (Lipinski definition) is 1. The second kappa shape index (κ2) is 7.45. The van der Waals surface area contributed by atoms with E-state index >= 15 is 0 Å². The van der Waals surface area contributed by atoms with Crippen molar-refractivity contribution in [1.29, 1.82) is 0 Å². The fraction of sp³-hybridized carbons (Fsp3) is 0.526. The summed E-state index contributed by atoms with van der Waals surface area (Å²) in [5.74, 6) is 0.174. The number of benzene rings is 1. The summed E-state index contributed by atoms with van der Waals surface area (Å²) in [5, 5.41) is 10.5. The van der Waals surface area contributed by atoms with E-state index in [9.17, 15) is 9.90 Å². The predicted octanol–water partition coefficient (Wildman–Crippen LogP) is 4.23. The summed E-state index contributed by atoms with van der Waals surface area (Å²) in [4.78, 5) is 16.1. The molecular weight excluding hydrogens is 306 g/mol. The molecule has 1 N–H and O–H groups in total. The van der Waals surface area contributed by atoms with E-state index in [2.05, 4.69) is 25.1 Å². The number of thiophene rings is 1. The van der Waals surface area contributed by atoms with Crippen LogP contribution < -0.4 is 0 Å². The lowest BCUT2D eigenvalue weighted by Gasteiger charge is -2.35. The van der Waals surface area contributed by atoms with Crippen molar-refractivity contribution >= 4 is 27.3 Å². The van der Waals surface area contributed by atoms with Gasteiger partial charge in [0.2, 0.25) is 0 Å². The monoisotopic (exact) mass is 331 g/mol. The lowest BCUT2D eigenvalue weighted by Crippen LogP contribution is -2.44. The van der Waals surface area contributed by atoms with Crippen molar-refractivity contribution in [3.8, 4) is 0 Å². The smallest absolute Gasteiger partial charge is 0.264 e. The van der Waals surface area contributed by atoms with Gasteiger partial charge in [-0.15, -0.1) is 11.3 Å². The molecule has 0 spiro atoms. The molecule has 23 heavy (non-hydrogen) atoms. The number of amides is 1. The molecule has 2 heterocycles. The van der Waals surface area contributed by atoms with E-state index in [1.54, 1.807) is 11.3 Å². The van der Waals surface area contributed by atoms with Crippen molar-refractivity contribution in [1.82, 2.24) is 4.90 Å². The number of aryl methyl sites for hydroxylation is 1. The minimum absolute atomic E-state index is 0.155. The van der Waals surface area contributed by atoms with Gasteiger partial charge in [-0.25, -0.2) is 0 Å². The molecule has 4 heteroatoms. The Balaban J connectivity index is 1.97. The number of aliphatic hydroxyl groups excluding tert-OH is 1. The average molecular weight is 331 g/mol. The summed E-state index contributed by atoms with van der Waals surface area (Å²) in [6, 6.07) is 8.53. The first kappa shape index (κ1) is 16.5. The summed E-state index contributed by atoms with van der Waals surface area (Å²) in [6.07, 6.45) is 5.93. The largest absolute Gasteiger partial charge is 0.396 e. The van der Waals surface area contributed by atoms with Gasteiger partial charge in [-0.1, -0.05) is 31.5 Å². The second-order valence-electron chi connectivity index (χ2n) is 6.32. The third-order valence-electron chi connectivity index (χ3n) is 4.74. The first-order valence-corrected chi connectivity index (χ1v) is 9.50. The summed E-state index contributed by atoms with van der Waals surface area (Å²) in [6.45, 7) is 3.14. The molecule has 1 saturated heterocycles. The van der Waals surface area contributed by atoms with Crippen LogP contribution in [0.4, 0.5) is 0 Å². The number of fused-ring (bicyclic) bond motifs is 1. The van der Waals surface area contributed by atoms with Gasteiger partial charge in [0.15, 0.2) is 0 Å². The highest BCUT2D eigenvalue weighted by Crippen LogP contribution is 2.34. The van der Waals surface area contributed by atoms with E-state index in [1.165, 1.54) is 15.6 Å². The number of likely N-dealkylation sites (tertiary alicyclic amines) is 1. The molecule has 0 radical (unpaired) electrons. The summed E-state index contributed by atoms with van der Waals surface area (Å²) >= 11 is 1.63. The highest BCUT2D eigenvalue weighted by Gasteiger charge is 2.29. The van der Waals surface area contributed by atoms with Crippen LogP contribution in [0.3, 0.4) is 0 Å². The third-order valence-corrected chi connectivity index (χ3v) is 5.94. The fourth-order valence-corrected chi connectivity index (χ4v) is 4.82. The standard InChI is InChI=1S/C19H25NO2S/c1-2-7-16-15-9-3-4-10-17(15)23-18(16)19(22)20-12-6-5-8-14(20)11-13-21/h3-4,9-10,14,21H,2,5-8,11-13H2,1H3. The molecule has 1 aliphatic heterocycles. The van der Waals surface area contributed by atoms with Crippen molar-refractivity contribution < 1.29 is 9.90 Å². The Bertz CT molecular complexity index is 677. The Labute approximate surface area is 141 Å². The molecule has 1 fully saturated rings. The number of piperidine rings is 1. The number of nitrogens with zero attached hydrogens (tertiary/aromatic N) is 1. The highest BCUT2D eigenvalue weighted by atomic mass is 32.1. The van der Waals surface area contributed by atoms with E-state index in [4.69, 9.17) is 0 Å². The van der Waals surface area contributed by atoms with Crippen LogP contribution in [0.2, 0.25) is 0 Å².